The quantitative estimate of drug-likeness (QED) is 0.752. The molecule has 0 bridgehead atoms. The highest BCUT2D eigenvalue weighted by atomic mass is 16.5. The minimum absolute atomic E-state index is 0.200. The number of aliphatic hydroxyl groups is 1. The number of aromatic nitrogens is 2. The number of carbonyl (C=O) groups excluding carboxylic acids is 1. The van der Waals surface area contributed by atoms with Crippen molar-refractivity contribution in [2.75, 3.05) is 6.61 Å². The highest BCUT2D eigenvalue weighted by Crippen LogP contribution is 2.15. The molecule has 0 radical (unpaired) electrons. The lowest BCUT2D eigenvalue weighted by atomic mass is 10.2. The predicted octanol–water partition coefficient (Wildman–Crippen LogP) is 1.71. The van der Waals surface area contributed by atoms with Crippen molar-refractivity contribution in [3.63, 3.8) is 0 Å². The summed E-state index contributed by atoms with van der Waals surface area (Å²) in [6.07, 6.45) is 2.99. The van der Waals surface area contributed by atoms with Gasteiger partial charge in [-0.1, -0.05) is 13.8 Å². The molecular formula is C13H22N2O3. The number of esters is 1. The van der Waals surface area contributed by atoms with E-state index < -0.39 is 12.1 Å². The monoisotopic (exact) mass is 254 g/mol. The van der Waals surface area contributed by atoms with Gasteiger partial charge in [0.05, 0.1) is 18.3 Å². The van der Waals surface area contributed by atoms with Gasteiger partial charge in [-0.05, 0) is 25.8 Å². The van der Waals surface area contributed by atoms with Gasteiger partial charge in [0.1, 0.15) is 0 Å². The van der Waals surface area contributed by atoms with Gasteiger partial charge in [-0.25, -0.2) is 4.79 Å². The largest absolute Gasteiger partial charge is 0.464 e. The lowest BCUT2D eigenvalue weighted by Gasteiger charge is -2.12. The summed E-state index contributed by atoms with van der Waals surface area (Å²) in [4.78, 5) is 11.3. The van der Waals surface area contributed by atoms with Gasteiger partial charge in [-0.15, -0.1) is 0 Å². The number of nitrogens with zero attached hydrogens (tertiary/aromatic N) is 2. The summed E-state index contributed by atoms with van der Waals surface area (Å²) in [6, 6.07) is 2.21. The van der Waals surface area contributed by atoms with E-state index in [1.165, 1.54) is 0 Å². The Hall–Kier alpha value is -1.36. The maximum atomic E-state index is 11.3. The predicted molar refractivity (Wildman–Crippen MR) is 68.2 cm³/mol. The molecule has 1 aromatic rings. The van der Waals surface area contributed by atoms with E-state index >= 15 is 0 Å². The lowest BCUT2D eigenvalue weighted by Crippen LogP contribution is -2.25. The molecule has 0 aliphatic rings. The van der Waals surface area contributed by atoms with Crippen LogP contribution in [0.25, 0.3) is 0 Å². The molecule has 1 unspecified atom stereocenters. The maximum absolute atomic E-state index is 11.3. The molecule has 0 saturated heterocycles. The number of rotatable bonds is 7. The average molecular weight is 254 g/mol. The van der Waals surface area contributed by atoms with E-state index in [0.717, 1.165) is 12.8 Å². The molecule has 0 spiro atoms. The van der Waals surface area contributed by atoms with Gasteiger partial charge in [-0.3, -0.25) is 4.68 Å². The van der Waals surface area contributed by atoms with Crippen LogP contribution in [0.1, 0.15) is 45.3 Å². The van der Waals surface area contributed by atoms with Crippen molar-refractivity contribution in [2.45, 2.75) is 52.2 Å². The van der Waals surface area contributed by atoms with Crippen LogP contribution in [0.2, 0.25) is 0 Å². The van der Waals surface area contributed by atoms with Crippen LogP contribution in [-0.4, -0.2) is 33.6 Å². The van der Waals surface area contributed by atoms with E-state index in [0.29, 0.717) is 11.7 Å². The van der Waals surface area contributed by atoms with Gasteiger partial charge in [0.25, 0.3) is 0 Å². The van der Waals surface area contributed by atoms with Crippen LogP contribution in [0.3, 0.4) is 0 Å². The molecule has 18 heavy (non-hydrogen) atoms. The van der Waals surface area contributed by atoms with Crippen LogP contribution in [0, 0.1) is 0 Å². The SMILES string of the molecule is CCOC(=O)C(O)Cc1ccn(C(CC)CC)n1. The Kier molecular flexibility index (Phi) is 5.85. The van der Waals surface area contributed by atoms with Crippen molar-refractivity contribution >= 4 is 5.97 Å². The fourth-order valence-corrected chi connectivity index (χ4v) is 1.87. The topological polar surface area (TPSA) is 64.3 Å². The van der Waals surface area contributed by atoms with Gasteiger partial charge in [-0.2, -0.15) is 5.10 Å². The molecule has 0 aliphatic heterocycles. The van der Waals surface area contributed by atoms with E-state index in [9.17, 15) is 9.90 Å². The van der Waals surface area contributed by atoms with Crippen molar-refractivity contribution < 1.29 is 14.6 Å². The molecular weight excluding hydrogens is 232 g/mol. The molecule has 0 aromatic carbocycles. The van der Waals surface area contributed by atoms with Gasteiger partial charge < -0.3 is 9.84 Å². The van der Waals surface area contributed by atoms with Crippen LogP contribution in [0.5, 0.6) is 0 Å². The first-order chi connectivity index (χ1) is 8.62. The molecule has 1 heterocycles. The summed E-state index contributed by atoms with van der Waals surface area (Å²) in [5, 5.41) is 14.0. The third-order valence-corrected chi connectivity index (χ3v) is 2.94. The van der Waals surface area contributed by atoms with Crippen LogP contribution in [0.15, 0.2) is 12.3 Å². The highest BCUT2D eigenvalue weighted by Gasteiger charge is 2.18. The van der Waals surface area contributed by atoms with Gasteiger partial charge in [0, 0.05) is 12.6 Å². The molecule has 0 fully saturated rings. The summed E-state index contributed by atoms with van der Waals surface area (Å²) in [5.74, 6) is -0.588. The Morgan fingerprint density at radius 2 is 2.11 bits per heavy atom. The molecule has 0 saturated carbocycles. The highest BCUT2D eigenvalue weighted by molar-refractivity contribution is 5.74. The number of hydrogen-bond donors (Lipinski definition) is 1. The summed E-state index contributed by atoms with van der Waals surface area (Å²) >= 11 is 0. The average Bonchev–Trinajstić information content (AvgIpc) is 2.79. The van der Waals surface area contributed by atoms with Crippen molar-refractivity contribution in [2.24, 2.45) is 0 Å². The number of hydrogen-bond acceptors (Lipinski definition) is 4. The summed E-state index contributed by atoms with van der Waals surface area (Å²) in [5.41, 5.74) is 0.711. The van der Waals surface area contributed by atoms with Crippen LogP contribution >= 0.6 is 0 Å². The van der Waals surface area contributed by atoms with E-state index in [1.54, 1.807) is 6.92 Å². The van der Waals surface area contributed by atoms with Crippen LogP contribution in [0.4, 0.5) is 0 Å². The third kappa shape index (κ3) is 3.84. The van der Waals surface area contributed by atoms with Crippen molar-refractivity contribution in [1.82, 2.24) is 9.78 Å². The zero-order valence-electron chi connectivity index (χ0n) is 11.3. The molecule has 5 heteroatoms. The molecule has 1 atom stereocenters. The minimum atomic E-state index is -1.13. The smallest absolute Gasteiger partial charge is 0.335 e. The Bertz CT molecular complexity index is 372. The second-order valence-electron chi connectivity index (χ2n) is 4.23. The number of aliphatic hydroxyl groups excluding tert-OH is 1. The van der Waals surface area contributed by atoms with Crippen molar-refractivity contribution in [3.05, 3.63) is 18.0 Å². The first-order valence-corrected chi connectivity index (χ1v) is 6.51. The van der Waals surface area contributed by atoms with Gasteiger partial charge in [0.2, 0.25) is 0 Å². The van der Waals surface area contributed by atoms with Crippen molar-refractivity contribution in [1.29, 1.82) is 0 Å². The Morgan fingerprint density at radius 1 is 1.44 bits per heavy atom. The molecule has 102 valence electrons. The molecule has 5 nitrogen and oxygen atoms in total. The zero-order valence-corrected chi connectivity index (χ0v) is 11.3. The normalized spacial score (nSPS) is 12.7. The van der Waals surface area contributed by atoms with E-state index in [1.807, 2.05) is 16.9 Å². The molecule has 1 rings (SSSR count). The lowest BCUT2D eigenvalue weighted by molar-refractivity contribution is -0.152. The van der Waals surface area contributed by atoms with Gasteiger partial charge in [0.15, 0.2) is 6.10 Å². The fraction of sp³-hybridized carbons (Fsp3) is 0.692. The molecule has 1 N–H and O–H groups in total. The summed E-state index contributed by atoms with van der Waals surface area (Å²) < 4.78 is 6.64. The Balaban J connectivity index is 2.61. The summed E-state index contributed by atoms with van der Waals surface area (Å²) in [7, 11) is 0. The first-order valence-electron chi connectivity index (χ1n) is 6.51. The zero-order chi connectivity index (χ0) is 13.5. The third-order valence-electron chi connectivity index (χ3n) is 2.94. The number of carbonyl (C=O) groups is 1. The van der Waals surface area contributed by atoms with E-state index in [4.69, 9.17) is 4.74 Å². The molecule has 1 aromatic heterocycles. The van der Waals surface area contributed by atoms with Crippen LogP contribution < -0.4 is 0 Å². The Morgan fingerprint density at radius 3 is 2.67 bits per heavy atom. The van der Waals surface area contributed by atoms with Crippen molar-refractivity contribution in [3.8, 4) is 0 Å². The second-order valence-corrected chi connectivity index (χ2v) is 4.23. The number of ether oxygens (including phenoxy) is 1. The maximum Gasteiger partial charge on any atom is 0.335 e. The second kappa shape index (κ2) is 7.16. The summed E-state index contributed by atoms with van der Waals surface area (Å²) in [6.45, 7) is 6.22. The van der Waals surface area contributed by atoms with Crippen LogP contribution in [-0.2, 0) is 16.0 Å². The molecule has 0 aliphatic carbocycles. The van der Waals surface area contributed by atoms with E-state index in [2.05, 4.69) is 18.9 Å². The Labute approximate surface area is 108 Å². The standard InChI is InChI=1S/C13H22N2O3/c1-4-11(5-2)15-8-7-10(14-15)9-12(16)13(17)18-6-3/h7-8,11-12,16H,4-6,9H2,1-3H3. The minimum Gasteiger partial charge on any atom is -0.464 e. The van der Waals surface area contributed by atoms with Gasteiger partial charge >= 0.3 is 5.97 Å². The first kappa shape index (κ1) is 14.7. The van der Waals surface area contributed by atoms with E-state index in [-0.39, 0.29) is 13.0 Å². The fourth-order valence-electron chi connectivity index (χ4n) is 1.87. The molecule has 0 amide bonds.